The number of anilines is 1. The van der Waals surface area contributed by atoms with Gasteiger partial charge in [-0.15, -0.1) is 0 Å². The number of pyridine rings is 1. The van der Waals surface area contributed by atoms with Gasteiger partial charge in [0, 0.05) is 9.86 Å². The van der Waals surface area contributed by atoms with Gasteiger partial charge >= 0.3 is 6.18 Å². The van der Waals surface area contributed by atoms with Crippen molar-refractivity contribution in [3.05, 3.63) is 86.8 Å². The highest BCUT2D eigenvalue weighted by Crippen LogP contribution is 2.33. The van der Waals surface area contributed by atoms with Crippen molar-refractivity contribution in [2.24, 2.45) is 0 Å². The monoisotopic (exact) mass is 541 g/mol. The third kappa shape index (κ3) is 4.77. The van der Waals surface area contributed by atoms with E-state index in [0.717, 1.165) is 11.6 Å². The van der Waals surface area contributed by atoms with Crippen LogP contribution in [0.5, 0.6) is 0 Å². The highest BCUT2D eigenvalue weighted by Gasteiger charge is 2.34. The Balaban J connectivity index is 1.72. The quantitative estimate of drug-likeness (QED) is 0.317. The number of aryl methyl sites for hydroxylation is 1. The number of rotatable bonds is 4. The fraction of sp³-hybridized carbons (Fsp3) is 0.200. The topological polar surface area (TPSA) is 83.6 Å². The number of fused-ring (bicyclic) bond motifs is 1. The fourth-order valence-corrected chi connectivity index (χ4v) is 4.27. The molecule has 0 radical (unpaired) electrons. The first kappa shape index (κ1) is 24.4. The number of aromatic nitrogens is 3. The van der Waals surface area contributed by atoms with E-state index in [0.29, 0.717) is 32.5 Å². The zero-order valence-corrected chi connectivity index (χ0v) is 20.5. The molecule has 2 heterocycles. The van der Waals surface area contributed by atoms with Crippen LogP contribution in [0.3, 0.4) is 0 Å². The standard InChI is InChI=1S/C25H19BrF3N5O/c1-13-23(15(3)34(33-13)14(2)17-6-4-16(12-30)5-7-17)32-24(35)20-11-22(25(27,28)29)31-21-9-8-18(26)10-19(20)21/h4-11,14H,1-3H3,(H,32,35). The molecule has 0 fully saturated rings. The molecular formula is C25H19BrF3N5O. The van der Waals surface area contributed by atoms with E-state index in [2.05, 4.69) is 37.4 Å². The number of benzene rings is 2. The second kappa shape index (κ2) is 9.15. The maximum Gasteiger partial charge on any atom is 0.433 e. The lowest BCUT2D eigenvalue weighted by Crippen LogP contribution is -2.17. The molecule has 178 valence electrons. The van der Waals surface area contributed by atoms with Gasteiger partial charge in [0.15, 0.2) is 0 Å². The summed E-state index contributed by atoms with van der Waals surface area (Å²) in [6.07, 6.45) is -4.70. The van der Waals surface area contributed by atoms with Gasteiger partial charge in [0.25, 0.3) is 5.91 Å². The summed E-state index contributed by atoms with van der Waals surface area (Å²) in [4.78, 5) is 16.9. The van der Waals surface area contributed by atoms with Crippen molar-refractivity contribution in [1.29, 1.82) is 5.26 Å². The maximum atomic E-state index is 13.5. The van der Waals surface area contributed by atoms with Crippen molar-refractivity contribution in [3.63, 3.8) is 0 Å². The van der Waals surface area contributed by atoms with Gasteiger partial charge in [0.2, 0.25) is 0 Å². The van der Waals surface area contributed by atoms with Crippen LogP contribution >= 0.6 is 15.9 Å². The SMILES string of the molecule is Cc1nn(C(C)c2ccc(C#N)cc2)c(C)c1NC(=O)c1cc(C(F)(F)F)nc2ccc(Br)cc12. The van der Waals surface area contributed by atoms with Crippen molar-refractivity contribution < 1.29 is 18.0 Å². The van der Waals surface area contributed by atoms with Crippen molar-refractivity contribution >= 4 is 38.4 Å². The lowest BCUT2D eigenvalue weighted by Gasteiger charge is -2.16. The molecule has 0 aliphatic rings. The van der Waals surface area contributed by atoms with E-state index in [-0.39, 0.29) is 17.1 Å². The lowest BCUT2D eigenvalue weighted by molar-refractivity contribution is -0.140. The summed E-state index contributed by atoms with van der Waals surface area (Å²) in [5, 5.41) is 16.6. The molecule has 1 unspecified atom stereocenters. The smallest absolute Gasteiger partial charge is 0.319 e. The third-order valence-electron chi connectivity index (χ3n) is 5.76. The van der Waals surface area contributed by atoms with Crippen LogP contribution in [0.25, 0.3) is 10.9 Å². The molecule has 0 bridgehead atoms. The molecule has 35 heavy (non-hydrogen) atoms. The number of hydrogen-bond acceptors (Lipinski definition) is 4. The van der Waals surface area contributed by atoms with Crippen molar-refractivity contribution in [1.82, 2.24) is 14.8 Å². The van der Waals surface area contributed by atoms with E-state index in [1.807, 2.05) is 19.1 Å². The van der Waals surface area contributed by atoms with Gasteiger partial charge < -0.3 is 5.32 Å². The molecule has 0 saturated heterocycles. The largest absolute Gasteiger partial charge is 0.433 e. The van der Waals surface area contributed by atoms with Crippen LogP contribution < -0.4 is 5.32 Å². The highest BCUT2D eigenvalue weighted by atomic mass is 79.9. The number of nitrogens with one attached hydrogen (secondary N) is 1. The Labute approximate surface area is 207 Å². The summed E-state index contributed by atoms with van der Waals surface area (Å²) in [5.41, 5.74) is 1.81. The number of nitrogens with zero attached hydrogens (tertiary/aromatic N) is 4. The van der Waals surface area contributed by atoms with Crippen LogP contribution in [-0.2, 0) is 6.18 Å². The summed E-state index contributed by atoms with van der Waals surface area (Å²) < 4.78 is 42.7. The average Bonchev–Trinajstić information content (AvgIpc) is 3.10. The summed E-state index contributed by atoms with van der Waals surface area (Å²) in [5.74, 6) is -0.697. The van der Waals surface area contributed by atoms with Gasteiger partial charge in [-0.25, -0.2) is 4.98 Å². The van der Waals surface area contributed by atoms with Gasteiger partial charge in [-0.2, -0.15) is 23.5 Å². The molecule has 1 amide bonds. The Morgan fingerprint density at radius 1 is 1.14 bits per heavy atom. The van der Waals surface area contributed by atoms with Crippen LogP contribution in [-0.4, -0.2) is 20.7 Å². The molecule has 6 nitrogen and oxygen atoms in total. The maximum absolute atomic E-state index is 13.5. The van der Waals surface area contributed by atoms with Gasteiger partial charge in [0.1, 0.15) is 5.69 Å². The van der Waals surface area contributed by atoms with Crippen molar-refractivity contribution in [2.75, 3.05) is 5.32 Å². The average molecular weight is 542 g/mol. The van der Waals surface area contributed by atoms with Crippen molar-refractivity contribution in [3.8, 4) is 6.07 Å². The summed E-state index contributed by atoms with van der Waals surface area (Å²) >= 11 is 3.30. The molecule has 2 aromatic carbocycles. The predicted octanol–water partition coefficient (Wildman–Crippen LogP) is 6.56. The Morgan fingerprint density at radius 3 is 2.46 bits per heavy atom. The molecule has 1 N–H and O–H groups in total. The number of nitriles is 1. The molecule has 10 heteroatoms. The minimum absolute atomic E-state index is 0.0618. The Bertz CT molecular complexity index is 1490. The van der Waals surface area contributed by atoms with E-state index < -0.39 is 17.8 Å². The van der Waals surface area contributed by atoms with E-state index in [1.54, 1.807) is 42.8 Å². The van der Waals surface area contributed by atoms with E-state index >= 15 is 0 Å². The van der Waals surface area contributed by atoms with Crippen LogP contribution in [0.4, 0.5) is 18.9 Å². The normalized spacial score (nSPS) is 12.4. The molecule has 0 aliphatic carbocycles. The van der Waals surface area contributed by atoms with Crippen molar-refractivity contribution in [2.45, 2.75) is 33.0 Å². The Kier molecular flexibility index (Phi) is 6.38. The minimum atomic E-state index is -4.70. The van der Waals surface area contributed by atoms with Crippen LogP contribution in [0.15, 0.2) is 53.0 Å². The van der Waals surface area contributed by atoms with Gasteiger partial charge in [-0.05, 0) is 62.7 Å². The Morgan fingerprint density at radius 2 is 1.83 bits per heavy atom. The first-order valence-corrected chi connectivity index (χ1v) is 11.3. The minimum Gasteiger partial charge on any atom is -0.319 e. The number of amides is 1. The van der Waals surface area contributed by atoms with Crippen LogP contribution in [0, 0.1) is 25.2 Å². The van der Waals surface area contributed by atoms with Gasteiger partial charge in [-0.3, -0.25) is 9.48 Å². The summed E-state index contributed by atoms with van der Waals surface area (Å²) in [6.45, 7) is 5.42. The number of alkyl halides is 3. The first-order chi connectivity index (χ1) is 16.5. The van der Waals surface area contributed by atoms with E-state index in [4.69, 9.17) is 5.26 Å². The number of hydrogen-bond donors (Lipinski definition) is 1. The second-order valence-electron chi connectivity index (χ2n) is 8.07. The van der Waals surface area contributed by atoms with E-state index in [1.165, 1.54) is 6.07 Å². The lowest BCUT2D eigenvalue weighted by atomic mass is 10.1. The molecule has 4 aromatic rings. The molecule has 1 atom stereocenters. The molecule has 2 aromatic heterocycles. The fourth-order valence-electron chi connectivity index (χ4n) is 3.91. The van der Waals surface area contributed by atoms with E-state index in [9.17, 15) is 18.0 Å². The van der Waals surface area contributed by atoms with Gasteiger partial charge in [-0.1, -0.05) is 28.1 Å². The Hall–Kier alpha value is -3.71. The number of carbonyl (C=O) groups excluding carboxylic acids is 1. The third-order valence-corrected chi connectivity index (χ3v) is 6.25. The van der Waals surface area contributed by atoms with Crippen LogP contribution in [0.1, 0.15) is 51.5 Å². The molecule has 4 rings (SSSR count). The zero-order valence-electron chi connectivity index (χ0n) is 18.9. The summed E-state index contributed by atoms with van der Waals surface area (Å²) in [6, 6.07) is 14.3. The number of halogens is 4. The number of carbonyl (C=O) groups is 1. The highest BCUT2D eigenvalue weighted by molar-refractivity contribution is 9.10. The molecular weight excluding hydrogens is 523 g/mol. The first-order valence-electron chi connectivity index (χ1n) is 10.5. The molecule has 0 saturated carbocycles. The predicted molar refractivity (Wildman–Crippen MR) is 129 cm³/mol. The zero-order chi connectivity index (χ0) is 25.5. The van der Waals surface area contributed by atoms with Crippen LogP contribution in [0.2, 0.25) is 0 Å². The molecule has 0 spiro atoms. The second-order valence-corrected chi connectivity index (χ2v) is 8.98. The summed E-state index contributed by atoms with van der Waals surface area (Å²) in [7, 11) is 0. The van der Waals surface area contributed by atoms with Gasteiger partial charge in [0.05, 0.1) is 45.8 Å². The molecule has 0 aliphatic heterocycles.